The molecule has 0 atom stereocenters. The summed E-state index contributed by atoms with van der Waals surface area (Å²) < 4.78 is 11.4. The van der Waals surface area contributed by atoms with Crippen LogP contribution in [0.4, 0.5) is 5.69 Å². The number of carbonyl (C=O) groups is 2. The third-order valence-corrected chi connectivity index (χ3v) is 6.52. The average molecular weight is 459 g/mol. The fourth-order valence-corrected chi connectivity index (χ4v) is 4.64. The maximum absolute atomic E-state index is 12.7. The highest BCUT2D eigenvalue weighted by Gasteiger charge is 2.25. The van der Waals surface area contributed by atoms with Crippen LogP contribution in [0.5, 0.6) is 5.75 Å². The minimum absolute atomic E-state index is 0.0635. The van der Waals surface area contributed by atoms with Crippen molar-refractivity contribution in [1.29, 1.82) is 0 Å². The number of furan rings is 1. The summed E-state index contributed by atoms with van der Waals surface area (Å²) >= 11 is 1.46. The first-order chi connectivity index (χ1) is 16.1. The minimum atomic E-state index is -0.232. The van der Waals surface area contributed by atoms with Crippen molar-refractivity contribution in [1.82, 2.24) is 4.90 Å². The summed E-state index contributed by atoms with van der Waals surface area (Å²) in [6, 6.07) is 20.4. The van der Waals surface area contributed by atoms with E-state index in [4.69, 9.17) is 9.15 Å². The number of hydrogen-bond acceptors (Lipinski definition) is 5. The van der Waals surface area contributed by atoms with Gasteiger partial charge in [0.05, 0.1) is 17.6 Å². The number of amides is 2. The van der Waals surface area contributed by atoms with Crippen molar-refractivity contribution in [3.05, 3.63) is 93.9 Å². The van der Waals surface area contributed by atoms with Gasteiger partial charge in [-0.25, -0.2) is 0 Å². The maximum Gasteiger partial charge on any atom is 0.264 e. The molecule has 166 valence electrons. The topological polar surface area (TPSA) is 71.8 Å². The van der Waals surface area contributed by atoms with Gasteiger partial charge in [0.25, 0.3) is 11.8 Å². The van der Waals surface area contributed by atoms with Crippen LogP contribution in [-0.4, -0.2) is 30.4 Å². The Balaban J connectivity index is 1.29. The second-order valence-corrected chi connectivity index (χ2v) is 8.69. The lowest BCUT2D eigenvalue weighted by molar-refractivity contribution is 0.0734. The number of rotatable bonds is 5. The fourth-order valence-electron chi connectivity index (χ4n) is 3.95. The fraction of sp³-hybridized carbons (Fsp3) is 0.154. The number of anilines is 1. The molecule has 33 heavy (non-hydrogen) atoms. The van der Waals surface area contributed by atoms with Crippen LogP contribution in [0.25, 0.3) is 11.3 Å². The van der Waals surface area contributed by atoms with Crippen LogP contribution < -0.4 is 10.1 Å². The molecule has 4 aromatic rings. The monoisotopic (exact) mass is 458 g/mol. The number of ether oxygens (including phenoxy) is 1. The molecule has 7 heteroatoms. The Hall–Kier alpha value is -3.84. The Kier molecular flexibility index (Phi) is 5.71. The van der Waals surface area contributed by atoms with E-state index in [0.717, 1.165) is 27.5 Å². The smallest absolute Gasteiger partial charge is 0.264 e. The summed E-state index contributed by atoms with van der Waals surface area (Å²) in [4.78, 5) is 27.9. The quantitative estimate of drug-likeness (QED) is 0.431. The molecule has 2 aromatic heterocycles. The lowest BCUT2D eigenvalue weighted by atomic mass is 10.1. The third kappa shape index (κ3) is 4.27. The number of para-hydroxylation sites is 1. The standard InChI is InChI=1S/C26H22N2O4S/c1-31-22-6-3-2-5-20(22)25(29)27-19-10-8-17(9-11-19)23-15-18-16-28(13-12-21(18)32-23)26(30)24-7-4-14-33-24/h2-11,14-15H,12-13,16H2,1H3,(H,27,29). The van der Waals surface area contributed by atoms with E-state index in [-0.39, 0.29) is 11.8 Å². The van der Waals surface area contributed by atoms with Gasteiger partial charge in [-0.3, -0.25) is 9.59 Å². The Morgan fingerprint density at radius 2 is 1.88 bits per heavy atom. The van der Waals surface area contributed by atoms with Gasteiger partial charge in [0, 0.05) is 36.3 Å². The van der Waals surface area contributed by atoms with Gasteiger partial charge in [0.1, 0.15) is 17.3 Å². The van der Waals surface area contributed by atoms with Crippen LogP contribution in [0.2, 0.25) is 0 Å². The lowest BCUT2D eigenvalue weighted by Crippen LogP contribution is -2.35. The van der Waals surface area contributed by atoms with Crippen LogP contribution in [0, 0.1) is 0 Å². The van der Waals surface area contributed by atoms with Gasteiger partial charge in [0.15, 0.2) is 0 Å². The summed E-state index contributed by atoms with van der Waals surface area (Å²) in [6.45, 7) is 1.19. The summed E-state index contributed by atoms with van der Waals surface area (Å²) in [5, 5.41) is 4.82. The Morgan fingerprint density at radius 3 is 2.64 bits per heavy atom. The van der Waals surface area contributed by atoms with Crippen LogP contribution in [0.3, 0.4) is 0 Å². The summed E-state index contributed by atoms with van der Waals surface area (Å²) in [5.74, 6) is 2.04. The van der Waals surface area contributed by atoms with Gasteiger partial charge in [-0.15, -0.1) is 11.3 Å². The van der Waals surface area contributed by atoms with E-state index in [1.54, 1.807) is 25.3 Å². The molecule has 1 aliphatic rings. The summed E-state index contributed by atoms with van der Waals surface area (Å²) in [6.07, 6.45) is 0.694. The van der Waals surface area contributed by atoms with Crippen molar-refractivity contribution >= 4 is 28.8 Å². The zero-order chi connectivity index (χ0) is 22.8. The number of nitrogens with one attached hydrogen (secondary N) is 1. The molecule has 3 heterocycles. The predicted molar refractivity (Wildman–Crippen MR) is 128 cm³/mol. The molecule has 0 aliphatic carbocycles. The Morgan fingerprint density at radius 1 is 1.06 bits per heavy atom. The predicted octanol–water partition coefficient (Wildman–Crippen LogP) is 5.47. The first-order valence-electron chi connectivity index (χ1n) is 10.6. The van der Waals surface area contributed by atoms with Crippen LogP contribution >= 0.6 is 11.3 Å². The van der Waals surface area contributed by atoms with Crippen molar-refractivity contribution in [2.75, 3.05) is 19.0 Å². The zero-order valence-electron chi connectivity index (χ0n) is 18.0. The third-order valence-electron chi connectivity index (χ3n) is 5.66. The second kappa shape index (κ2) is 8.96. The number of methoxy groups -OCH3 is 1. The molecule has 0 radical (unpaired) electrons. The molecule has 0 unspecified atom stereocenters. The van der Waals surface area contributed by atoms with Crippen molar-refractivity contribution < 1.29 is 18.7 Å². The van der Waals surface area contributed by atoms with E-state index in [9.17, 15) is 9.59 Å². The highest BCUT2D eigenvalue weighted by atomic mass is 32.1. The van der Waals surface area contributed by atoms with E-state index in [1.165, 1.54) is 11.3 Å². The molecule has 0 saturated carbocycles. The number of fused-ring (bicyclic) bond motifs is 1. The Bertz CT molecular complexity index is 1290. The van der Waals surface area contributed by atoms with E-state index in [1.807, 2.05) is 58.8 Å². The number of nitrogens with zero attached hydrogens (tertiary/aromatic N) is 1. The SMILES string of the molecule is COc1ccccc1C(=O)Nc1ccc(-c2cc3c(o2)CCN(C(=O)c2cccs2)C3)cc1. The van der Waals surface area contributed by atoms with Gasteiger partial charge >= 0.3 is 0 Å². The van der Waals surface area contributed by atoms with E-state index >= 15 is 0 Å². The van der Waals surface area contributed by atoms with Crippen molar-refractivity contribution in [3.63, 3.8) is 0 Å². The highest BCUT2D eigenvalue weighted by Crippen LogP contribution is 2.31. The highest BCUT2D eigenvalue weighted by molar-refractivity contribution is 7.12. The van der Waals surface area contributed by atoms with Gasteiger partial charge in [0.2, 0.25) is 0 Å². The van der Waals surface area contributed by atoms with Crippen molar-refractivity contribution in [3.8, 4) is 17.1 Å². The van der Waals surface area contributed by atoms with Gasteiger partial charge < -0.3 is 19.4 Å². The summed E-state index contributed by atoms with van der Waals surface area (Å²) in [5.41, 5.74) is 3.11. The normalized spacial score (nSPS) is 12.8. The van der Waals surface area contributed by atoms with Gasteiger partial charge in [-0.05, 0) is 53.9 Å². The molecule has 6 nitrogen and oxygen atoms in total. The number of thiophene rings is 1. The van der Waals surface area contributed by atoms with Crippen LogP contribution in [-0.2, 0) is 13.0 Å². The second-order valence-electron chi connectivity index (χ2n) is 7.74. The average Bonchev–Trinajstić information content (AvgIpc) is 3.54. The van der Waals surface area contributed by atoms with Gasteiger partial charge in [-0.2, -0.15) is 0 Å². The Labute approximate surface area is 195 Å². The molecule has 5 rings (SSSR count). The molecule has 2 aromatic carbocycles. The lowest BCUT2D eigenvalue weighted by Gasteiger charge is -2.25. The van der Waals surface area contributed by atoms with Crippen molar-refractivity contribution in [2.45, 2.75) is 13.0 Å². The largest absolute Gasteiger partial charge is 0.496 e. The first-order valence-corrected chi connectivity index (χ1v) is 11.5. The molecule has 1 aliphatic heterocycles. The molecule has 2 amide bonds. The van der Waals surface area contributed by atoms with Crippen molar-refractivity contribution in [2.24, 2.45) is 0 Å². The van der Waals surface area contributed by atoms with Crippen LogP contribution in [0.15, 0.2) is 76.5 Å². The molecule has 0 fully saturated rings. The molecule has 0 bridgehead atoms. The van der Waals surface area contributed by atoms with E-state index < -0.39 is 0 Å². The molecular weight excluding hydrogens is 436 g/mol. The number of carbonyl (C=O) groups excluding carboxylic acids is 2. The first kappa shape index (κ1) is 21.0. The van der Waals surface area contributed by atoms with Gasteiger partial charge in [-0.1, -0.05) is 18.2 Å². The number of hydrogen-bond donors (Lipinski definition) is 1. The zero-order valence-corrected chi connectivity index (χ0v) is 18.9. The minimum Gasteiger partial charge on any atom is -0.496 e. The van der Waals surface area contributed by atoms with E-state index in [0.29, 0.717) is 36.5 Å². The van der Waals surface area contributed by atoms with Crippen LogP contribution in [0.1, 0.15) is 31.4 Å². The van der Waals surface area contributed by atoms with E-state index in [2.05, 4.69) is 5.32 Å². The molecule has 0 saturated heterocycles. The molecule has 0 spiro atoms. The summed E-state index contributed by atoms with van der Waals surface area (Å²) in [7, 11) is 1.54. The maximum atomic E-state index is 12.7. The molecule has 1 N–H and O–H groups in total. The number of benzene rings is 2. The molecular formula is C26H22N2O4S.